The molecule has 1 aliphatic heterocycles. The van der Waals surface area contributed by atoms with Gasteiger partial charge in [0.25, 0.3) is 0 Å². The van der Waals surface area contributed by atoms with Crippen molar-refractivity contribution >= 4 is 5.91 Å². The fourth-order valence-corrected chi connectivity index (χ4v) is 2.14. The van der Waals surface area contributed by atoms with E-state index in [1.807, 2.05) is 37.3 Å². The lowest BCUT2D eigenvalue weighted by atomic mass is 9.98. The molecule has 4 heteroatoms. The van der Waals surface area contributed by atoms with E-state index >= 15 is 0 Å². The summed E-state index contributed by atoms with van der Waals surface area (Å²) in [6, 6.07) is 11.3. The summed E-state index contributed by atoms with van der Waals surface area (Å²) in [5, 5.41) is 9.24. The van der Waals surface area contributed by atoms with E-state index in [1.54, 1.807) is 4.90 Å². The highest BCUT2D eigenvalue weighted by atomic mass is 16.5. The molecule has 18 heavy (non-hydrogen) atoms. The summed E-state index contributed by atoms with van der Waals surface area (Å²) < 4.78 is 5.30. The van der Waals surface area contributed by atoms with E-state index in [4.69, 9.17) is 4.74 Å². The van der Waals surface area contributed by atoms with Gasteiger partial charge in [0.1, 0.15) is 5.92 Å². The van der Waals surface area contributed by atoms with Gasteiger partial charge in [0, 0.05) is 6.54 Å². The van der Waals surface area contributed by atoms with Gasteiger partial charge in [-0.25, -0.2) is 0 Å². The van der Waals surface area contributed by atoms with Gasteiger partial charge in [-0.05, 0) is 12.5 Å². The number of benzene rings is 1. The normalized spacial score (nSPS) is 21.1. The minimum atomic E-state index is -0.716. The van der Waals surface area contributed by atoms with Crippen molar-refractivity contribution in [2.75, 3.05) is 19.8 Å². The van der Waals surface area contributed by atoms with Crippen molar-refractivity contribution in [3.63, 3.8) is 0 Å². The number of nitrogens with zero attached hydrogens (tertiary/aromatic N) is 2. The Kier molecular flexibility index (Phi) is 3.96. The Morgan fingerprint density at radius 1 is 1.50 bits per heavy atom. The van der Waals surface area contributed by atoms with Crippen molar-refractivity contribution in [2.24, 2.45) is 0 Å². The second-order valence-electron chi connectivity index (χ2n) is 4.43. The molecule has 0 N–H and O–H groups in total. The van der Waals surface area contributed by atoms with E-state index in [2.05, 4.69) is 6.07 Å². The monoisotopic (exact) mass is 244 g/mol. The van der Waals surface area contributed by atoms with Gasteiger partial charge in [0.15, 0.2) is 0 Å². The lowest BCUT2D eigenvalue weighted by Gasteiger charge is -2.34. The van der Waals surface area contributed by atoms with Crippen LogP contribution >= 0.6 is 0 Å². The number of carbonyl (C=O) groups is 1. The topological polar surface area (TPSA) is 53.3 Å². The highest BCUT2D eigenvalue weighted by Gasteiger charge is 2.30. The van der Waals surface area contributed by atoms with Crippen molar-refractivity contribution in [3.8, 4) is 6.07 Å². The zero-order valence-electron chi connectivity index (χ0n) is 10.4. The second kappa shape index (κ2) is 5.65. The largest absolute Gasteiger partial charge is 0.377 e. The summed E-state index contributed by atoms with van der Waals surface area (Å²) in [6.07, 6.45) is 0. The van der Waals surface area contributed by atoms with Gasteiger partial charge in [-0.15, -0.1) is 0 Å². The van der Waals surface area contributed by atoms with Gasteiger partial charge in [-0.2, -0.15) is 5.26 Å². The van der Waals surface area contributed by atoms with Gasteiger partial charge in [-0.1, -0.05) is 30.3 Å². The molecule has 1 aromatic rings. The quantitative estimate of drug-likeness (QED) is 0.793. The molecule has 1 saturated heterocycles. The molecule has 2 unspecified atom stereocenters. The van der Waals surface area contributed by atoms with Gasteiger partial charge in [0.2, 0.25) is 5.91 Å². The SMILES string of the molecule is CC1COCCN1C(=O)C(C#N)c1ccccc1. The van der Waals surface area contributed by atoms with Crippen LogP contribution in [-0.4, -0.2) is 36.6 Å². The molecular weight excluding hydrogens is 228 g/mol. The number of nitriles is 1. The van der Waals surface area contributed by atoms with Gasteiger partial charge in [0.05, 0.1) is 25.3 Å². The maximum Gasteiger partial charge on any atom is 0.244 e. The first-order chi connectivity index (χ1) is 8.74. The molecule has 2 rings (SSSR count). The summed E-state index contributed by atoms with van der Waals surface area (Å²) in [7, 11) is 0. The summed E-state index contributed by atoms with van der Waals surface area (Å²) in [5.74, 6) is -0.841. The van der Waals surface area contributed by atoms with Crippen LogP contribution < -0.4 is 0 Å². The van der Waals surface area contributed by atoms with E-state index in [1.165, 1.54) is 0 Å². The zero-order valence-corrected chi connectivity index (χ0v) is 10.4. The van der Waals surface area contributed by atoms with E-state index in [-0.39, 0.29) is 11.9 Å². The minimum absolute atomic E-state index is 0.0332. The summed E-state index contributed by atoms with van der Waals surface area (Å²) in [6.45, 7) is 3.59. The van der Waals surface area contributed by atoms with Crippen molar-refractivity contribution < 1.29 is 9.53 Å². The lowest BCUT2D eigenvalue weighted by molar-refractivity contribution is -0.139. The molecular formula is C14H16N2O2. The summed E-state index contributed by atoms with van der Waals surface area (Å²) >= 11 is 0. The lowest BCUT2D eigenvalue weighted by Crippen LogP contribution is -2.48. The molecule has 1 aliphatic rings. The molecule has 0 radical (unpaired) electrons. The highest BCUT2D eigenvalue weighted by molar-refractivity contribution is 5.86. The fraction of sp³-hybridized carbons (Fsp3) is 0.429. The minimum Gasteiger partial charge on any atom is -0.377 e. The van der Waals surface area contributed by atoms with Crippen LogP contribution in [0.15, 0.2) is 30.3 Å². The highest BCUT2D eigenvalue weighted by Crippen LogP contribution is 2.20. The van der Waals surface area contributed by atoms with Gasteiger partial charge < -0.3 is 9.64 Å². The standard InChI is InChI=1S/C14H16N2O2/c1-11-10-18-8-7-16(11)14(17)13(9-15)12-5-3-2-4-6-12/h2-6,11,13H,7-8,10H2,1H3. The van der Waals surface area contributed by atoms with E-state index in [0.29, 0.717) is 19.8 Å². The predicted octanol–water partition coefficient (Wildman–Crippen LogP) is 1.54. The summed E-state index contributed by atoms with van der Waals surface area (Å²) in [4.78, 5) is 14.1. The van der Waals surface area contributed by atoms with E-state index < -0.39 is 5.92 Å². The third kappa shape index (κ3) is 2.52. The predicted molar refractivity (Wildman–Crippen MR) is 66.8 cm³/mol. The van der Waals surface area contributed by atoms with Crippen LogP contribution in [0.2, 0.25) is 0 Å². The molecule has 0 aliphatic carbocycles. The second-order valence-corrected chi connectivity index (χ2v) is 4.43. The molecule has 2 atom stereocenters. The molecule has 1 aromatic carbocycles. The van der Waals surface area contributed by atoms with Gasteiger partial charge >= 0.3 is 0 Å². The molecule has 4 nitrogen and oxygen atoms in total. The van der Waals surface area contributed by atoms with Crippen LogP contribution in [0.5, 0.6) is 0 Å². The Morgan fingerprint density at radius 2 is 2.22 bits per heavy atom. The van der Waals surface area contributed by atoms with Crippen LogP contribution in [0, 0.1) is 11.3 Å². The Bertz CT molecular complexity index is 453. The van der Waals surface area contributed by atoms with Crippen LogP contribution in [0.25, 0.3) is 0 Å². The van der Waals surface area contributed by atoms with Crippen LogP contribution in [0.1, 0.15) is 18.4 Å². The number of carbonyl (C=O) groups excluding carboxylic acids is 1. The molecule has 1 heterocycles. The molecule has 0 spiro atoms. The first-order valence-electron chi connectivity index (χ1n) is 6.07. The molecule has 0 saturated carbocycles. The Labute approximate surface area is 107 Å². The summed E-state index contributed by atoms with van der Waals surface area (Å²) in [5.41, 5.74) is 0.753. The first kappa shape index (κ1) is 12.6. The number of hydrogen-bond acceptors (Lipinski definition) is 3. The van der Waals surface area contributed by atoms with E-state index in [9.17, 15) is 10.1 Å². The third-order valence-corrected chi connectivity index (χ3v) is 3.16. The average Bonchev–Trinajstić information content (AvgIpc) is 2.41. The molecule has 0 aromatic heterocycles. The third-order valence-electron chi connectivity index (χ3n) is 3.16. The Balaban J connectivity index is 2.18. The van der Waals surface area contributed by atoms with Crippen molar-refractivity contribution in [1.82, 2.24) is 4.90 Å². The number of amides is 1. The van der Waals surface area contributed by atoms with Crippen LogP contribution in [0.4, 0.5) is 0 Å². The molecule has 94 valence electrons. The molecule has 1 amide bonds. The maximum absolute atomic E-state index is 12.4. The van der Waals surface area contributed by atoms with Crippen molar-refractivity contribution in [1.29, 1.82) is 5.26 Å². The Morgan fingerprint density at radius 3 is 2.83 bits per heavy atom. The van der Waals surface area contributed by atoms with Crippen molar-refractivity contribution in [2.45, 2.75) is 18.9 Å². The Hall–Kier alpha value is -1.86. The molecule has 0 bridgehead atoms. The zero-order chi connectivity index (χ0) is 13.0. The number of hydrogen-bond donors (Lipinski definition) is 0. The smallest absolute Gasteiger partial charge is 0.244 e. The van der Waals surface area contributed by atoms with Crippen molar-refractivity contribution in [3.05, 3.63) is 35.9 Å². The van der Waals surface area contributed by atoms with Crippen LogP contribution in [0.3, 0.4) is 0 Å². The van der Waals surface area contributed by atoms with E-state index in [0.717, 1.165) is 5.56 Å². The number of morpholine rings is 1. The number of ether oxygens (including phenoxy) is 1. The van der Waals surface area contributed by atoms with Crippen LogP contribution in [-0.2, 0) is 9.53 Å². The molecule has 1 fully saturated rings. The average molecular weight is 244 g/mol. The first-order valence-corrected chi connectivity index (χ1v) is 6.07. The van der Waals surface area contributed by atoms with Gasteiger partial charge in [-0.3, -0.25) is 4.79 Å². The fourth-order valence-electron chi connectivity index (χ4n) is 2.14. The maximum atomic E-state index is 12.4. The number of rotatable bonds is 2.